The van der Waals surface area contributed by atoms with E-state index in [-0.39, 0.29) is 0 Å². The molecule has 19 heavy (non-hydrogen) atoms. The molecule has 0 aromatic carbocycles. The molecule has 3 rings (SSSR count). The van der Waals surface area contributed by atoms with Gasteiger partial charge in [-0.15, -0.1) is 0 Å². The summed E-state index contributed by atoms with van der Waals surface area (Å²) >= 11 is 0. The maximum Gasteiger partial charge on any atom is 0.222 e. The van der Waals surface area contributed by atoms with Crippen molar-refractivity contribution in [3.05, 3.63) is 11.3 Å². The Hall–Kier alpha value is -1.36. The van der Waals surface area contributed by atoms with E-state index in [4.69, 9.17) is 5.73 Å². The summed E-state index contributed by atoms with van der Waals surface area (Å²) < 4.78 is 0. The lowest BCUT2D eigenvalue weighted by molar-refractivity contribution is 0.578. The highest BCUT2D eigenvalue weighted by Crippen LogP contribution is 2.26. The highest BCUT2D eigenvalue weighted by atomic mass is 15.1. The van der Waals surface area contributed by atoms with Gasteiger partial charge in [0, 0.05) is 25.1 Å². The van der Waals surface area contributed by atoms with E-state index < -0.39 is 0 Å². The first kappa shape index (κ1) is 12.7. The zero-order chi connectivity index (χ0) is 13.1. The van der Waals surface area contributed by atoms with Crippen molar-refractivity contribution in [1.29, 1.82) is 0 Å². The van der Waals surface area contributed by atoms with Crippen LogP contribution >= 0.6 is 0 Å². The van der Waals surface area contributed by atoms with Gasteiger partial charge in [0.1, 0.15) is 5.82 Å². The number of anilines is 2. The molecule has 2 heterocycles. The van der Waals surface area contributed by atoms with Crippen LogP contribution in [-0.2, 0) is 12.8 Å². The summed E-state index contributed by atoms with van der Waals surface area (Å²) in [6.45, 7) is 3.00. The van der Waals surface area contributed by atoms with Crippen LogP contribution in [0, 0.1) is 5.92 Å². The predicted octanol–water partition coefficient (Wildman–Crippen LogP) is 1.35. The second-order valence-corrected chi connectivity index (χ2v) is 5.64. The van der Waals surface area contributed by atoms with Crippen LogP contribution in [0.25, 0.3) is 0 Å². The Morgan fingerprint density at radius 2 is 1.95 bits per heavy atom. The van der Waals surface area contributed by atoms with E-state index in [0.717, 1.165) is 49.9 Å². The molecule has 0 unspecified atom stereocenters. The van der Waals surface area contributed by atoms with Crippen LogP contribution in [0.1, 0.15) is 36.9 Å². The van der Waals surface area contributed by atoms with Crippen LogP contribution in [0.3, 0.4) is 0 Å². The Kier molecular flexibility index (Phi) is 3.82. The Balaban J connectivity index is 1.77. The molecule has 0 spiro atoms. The van der Waals surface area contributed by atoms with Gasteiger partial charge in [0.25, 0.3) is 0 Å². The number of fused-ring (bicyclic) bond motifs is 1. The third kappa shape index (κ3) is 2.97. The lowest BCUT2D eigenvalue weighted by atomic mass is 10.1. The molecule has 0 bridgehead atoms. The summed E-state index contributed by atoms with van der Waals surface area (Å²) in [6.07, 6.45) is 7.37. The molecule has 0 atom stereocenters. The first-order chi connectivity index (χ1) is 9.33. The van der Waals surface area contributed by atoms with E-state index in [1.54, 1.807) is 0 Å². The largest absolute Gasteiger partial charge is 0.369 e. The highest BCUT2D eigenvalue weighted by molar-refractivity contribution is 5.50. The van der Waals surface area contributed by atoms with Gasteiger partial charge < -0.3 is 16.4 Å². The van der Waals surface area contributed by atoms with Gasteiger partial charge >= 0.3 is 0 Å². The van der Waals surface area contributed by atoms with Crippen molar-refractivity contribution in [2.75, 3.05) is 30.7 Å². The summed E-state index contributed by atoms with van der Waals surface area (Å²) in [5.74, 6) is 2.17. The molecule has 0 saturated heterocycles. The molecule has 1 aromatic heterocycles. The van der Waals surface area contributed by atoms with Crippen LogP contribution < -0.4 is 16.4 Å². The molecule has 1 saturated carbocycles. The maximum absolute atomic E-state index is 5.83. The molecule has 0 amide bonds. The van der Waals surface area contributed by atoms with Crippen LogP contribution in [0.4, 0.5) is 11.8 Å². The fourth-order valence-corrected chi connectivity index (χ4v) is 3.17. The van der Waals surface area contributed by atoms with Crippen LogP contribution in [0.15, 0.2) is 0 Å². The summed E-state index contributed by atoms with van der Waals surface area (Å²) in [5, 5.41) is 6.93. The number of hydrogen-bond donors (Lipinski definition) is 3. The fraction of sp³-hybridized carbons (Fsp3) is 0.714. The Bertz CT molecular complexity index is 440. The van der Waals surface area contributed by atoms with Gasteiger partial charge in [0.05, 0.1) is 5.69 Å². The lowest BCUT2D eigenvalue weighted by Gasteiger charge is -2.16. The van der Waals surface area contributed by atoms with E-state index in [9.17, 15) is 0 Å². The third-order valence-electron chi connectivity index (χ3n) is 4.23. The van der Waals surface area contributed by atoms with Gasteiger partial charge in [0.15, 0.2) is 0 Å². The number of rotatable bonds is 3. The predicted molar refractivity (Wildman–Crippen MR) is 77.2 cm³/mol. The van der Waals surface area contributed by atoms with E-state index in [1.165, 1.54) is 31.2 Å². The second kappa shape index (κ2) is 5.74. The first-order valence-corrected chi connectivity index (χ1v) is 7.43. The minimum Gasteiger partial charge on any atom is -0.369 e. The molecule has 4 N–H and O–H groups in total. The van der Waals surface area contributed by atoms with E-state index in [2.05, 4.69) is 20.6 Å². The van der Waals surface area contributed by atoms with Crippen molar-refractivity contribution in [3.8, 4) is 0 Å². The molecule has 5 heteroatoms. The van der Waals surface area contributed by atoms with E-state index in [0.29, 0.717) is 5.95 Å². The minimum absolute atomic E-state index is 0.398. The smallest absolute Gasteiger partial charge is 0.222 e. The van der Waals surface area contributed by atoms with Crippen LogP contribution in [0.2, 0.25) is 0 Å². The molecule has 1 aliphatic heterocycles. The first-order valence-electron chi connectivity index (χ1n) is 7.43. The van der Waals surface area contributed by atoms with Crippen molar-refractivity contribution in [3.63, 3.8) is 0 Å². The molecular weight excluding hydrogens is 238 g/mol. The van der Waals surface area contributed by atoms with Gasteiger partial charge in [-0.2, -0.15) is 4.98 Å². The number of nitrogens with one attached hydrogen (secondary N) is 2. The summed E-state index contributed by atoms with van der Waals surface area (Å²) in [4.78, 5) is 8.82. The number of nitrogens with two attached hydrogens (primary N) is 1. The number of nitrogen functional groups attached to an aromatic ring is 1. The number of aromatic nitrogens is 2. The quantitative estimate of drug-likeness (QED) is 0.765. The normalized spacial score (nSPS) is 20.0. The monoisotopic (exact) mass is 261 g/mol. The maximum atomic E-state index is 5.83. The van der Waals surface area contributed by atoms with Crippen LogP contribution in [0.5, 0.6) is 0 Å². The number of nitrogens with zero attached hydrogens (tertiary/aromatic N) is 2. The van der Waals surface area contributed by atoms with Gasteiger partial charge in [0.2, 0.25) is 5.95 Å². The average Bonchev–Trinajstić information content (AvgIpc) is 2.80. The summed E-state index contributed by atoms with van der Waals surface area (Å²) in [6, 6.07) is 0. The van der Waals surface area contributed by atoms with Crippen molar-refractivity contribution in [2.45, 2.75) is 38.5 Å². The molecule has 2 aliphatic rings. The van der Waals surface area contributed by atoms with Gasteiger partial charge in [-0.3, -0.25) is 0 Å². The van der Waals surface area contributed by atoms with Crippen molar-refractivity contribution < 1.29 is 0 Å². The zero-order valence-corrected chi connectivity index (χ0v) is 11.4. The second-order valence-electron chi connectivity index (χ2n) is 5.64. The molecule has 1 aromatic rings. The molecular formula is C14H23N5. The van der Waals surface area contributed by atoms with Crippen molar-refractivity contribution >= 4 is 11.8 Å². The summed E-state index contributed by atoms with van der Waals surface area (Å²) in [5.41, 5.74) is 8.21. The zero-order valence-electron chi connectivity index (χ0n) is 11.4. The Morgan fingerprint density at radius 3 is 2.79 bits per heavy atom. The van der Waals surface area contributed by atoms with Gasteiger partial charge in [-0.1, -0.05) is 12.8 Å². The van der Waals surface area contributed by atoms with Gasteiger partial charge in [-0.05, 0) is 31.7 Å². The molecule has 0 radical (unpaired) electrons. The van der Waals surface area contributed by atoms with E-state index >= 15 is 0 Å². The SMILES string of the molecule is Nc1nc2c(c(NCC3CCCC3)n1)CCNCC2. The lowest BCUT2D eigenvalue weighted by Crippen LogP contribution is -2.17. The van der Waals surface area contributed by atoms with E-state index in [1.807, 2.05) is 0 Å². The summed E-state index contributed by atoms with van der Waals surface area (Å²) in [7, 11) is 0. The molecule has 1 fully saturated rings. The molecule has 104 valence electrons. The van der Waals surface area contributed by atoms with Gasteiger partial charge in [-0.25, -0.2) is 4.98 Å². The molecule has 1 aliphatic carbocycles. The minimum atomic E-state index is 0.398. The van der Waals surface area contributed by atoms with Crippen molar-refractivity contribution in [2.24, 2.45) is 5.92 Å². The Labute approximate surface area is 114 Å². The third-order valence-corrected chi connectivity index (χ3v) is 4.23. The topological polar surface area (TPSA) is 75.9 Å². The standard InChI is InChI=1S/C14H23N5/c15-14-18-12-6-8-16-7-5-11(12)13(19-14)17-9-10-3-1-2-4-10/h10,16H,1-9H2,(H3,15,17,18,19). The molecule has 5 nitrogen and oxygen atoms in total. The Morgan fingerprint density at radius 1 is 1.16 bits per heavy atom. The fourth-order valence-electron chi connectivity index (χ4n) is 3.17. The van der Waals surface area contributed by atoms with Crippen LogP contribution in [-0.4, -0.2) is 29.6 Å². The number of hydrogen-bond acceptors (Lipinski definition) is 5. The average molecular weight is 261 g/mol. The highest BCUT2D eigenvalue weighted by Gasteiger charge is 2.18. The van der Waals surface area contributed by atoms with Crippen molar-refractivity contribution in [1.82, 2.24) is 15.3 Å².